The monoisotopic (exact) mass is 825 g/mol. The van der Waals surface area contributed by atoms with Gasteiger partial charge in [-0.3, -0.25) is 0 Å². The van der Waals surface area contributed by atoms with Gasteiger partial charge in [0.25, 0.3) is 0 Å². The van der Waals surface area contributed by atoms with Gasteiger partial charge in [-0.2, -0.15) is 0 Å². The van der Waals surface area contributed by atoms with Crippen LogP contribution in [0.3, 0.4) is 0 Å². The van der Waals surface area contributed by atoms with Crippen molar-refractivity contribution in [3.05, 3.63) is 259 Å². The molecule has 0 radical (unpaired) electrons. The Kier molecular flexibility index (Phi) is 7.64. The van der Waals surface area contributed by atoms with E-state index in [1.54, 1.807) is 0 Å². The molecule has 11 aromatic carbocycles. The Bertz CT molecular complexity index is 3850. The summed E-state index contributed by atoms with van der Waals surface area (Å²) in [5.41, 5.74) is 19.7. The van der Waals surface area contributed by atoms with Crippen molar-refractivity contribution in [2.75, 3.05) is 4.90 Å². The van der Waals surface area contributed by atoms with E-state index >= 15 is 0 Å². The van der Waals surface area contributed by atoms with Crippen LogP contribution in [-0.2, 0) is 5.41 Å². The van der Waals surface area contributed by atoms with E-state index in [9.17, 15) is 0 Å². The molecule has 0 unspecified atom stereocenters. The van der Waals surface area contributed by atoms with Crippen LogP contribution in [0.2, 0.25) is 0 Å². The molecule has 0 amide bonds. The molecule has 1 spiro atoms. The highest BCUT2D eigenvalue weighted by Crippen LogP contribution is 2.64. The lowest BCUT2D eigenvalue weighted by molar-refractivity contribution is 0.670. The van der Waals surface area contributed by atoms with Gasteiger partial charge in [0.05, 0.1) is 11.1 Å². The molecule has 1 heterocycles. The number of furan rings is 1. The third kappa shape index (κ3) is 5.11. The summed E-state index contributed by atoms with van der Waals surface area (Å²) in [6.45, 7) is 0. The zero-order valence-corrected chi connectivity index (χ0v) is 35.4. The number of fused-ring (bicyclic) bond motifs is 16. The molecule has 0 fully saturated rings. The molecular formula is C63H39NO. The number of benzene rings is 11. The van der Waals surface area contributed by atoms with Crippen molar-refractivity contribution in [2.45, 2.75) is 5.41 Å². The fraction of sp³-hybridized carbons (Fsp3) is 0.0159. The highest BCUT2D eigenvalue weighted by Gasteiger charge is 2.52. The SMILES string of the molecule is c1ccc2c(c1)-c1ccccc1C21c2ccccc2-c2c(N(c3ccc(-c4ccc5c(ccc6ccccc65)c4)cc3)c3ccc(-c4cccc5c4oc4ccccc45)cc3)cccc21. The number of hydrogen-bond acceptors (Lipinski definition) is 2. The zero-order valence-electron chi connectivity index (χ0n) is 35.4. The lowest BCUT2D eigenvalue weighted by Gasteiger charge is -2.32. The van der Waals surface area contributed by atoms with Crippen LogP contribution in [0.1, 0.15) is 22.3 Å². The van der Waals surface area contributed by atoms with Gasteiger partial charge in [0.2, 0.25) is 0 Å². The van der Waals surface area contributed by atoms with Gasteiger partial charge in [0, 0.05) is 33.3 Å². The topological polar surface area (TPSA) is 16.4 Å². The van der Waals surface area contributed by atoms with Gasteiger partial charge in [0.1, 0.15) is 11.2 Å². The van der Waals surface area contributed by atoms with Crippen LogP contribution in [0, 0.1) is 0 Å². The smallest absolute Gasteiger partial charge is 0.143 e. The van der Waals surface area contributed by atoms with Crippen LogP contribution in [-0.4, -0.2) is 0 Å². The van der Waals surface area contributed by atoms with Crippen LogP contribution < -0.4 is 4.90 Å². The van der Waals surface area contributed by atoms with E-state index in [2.05, 4.69) is 235 Å². The van der Waals surface area contributed by atoms with E-state index in [0.29, 0.717) is 0 Å². The van der Waals surface area contributed by atoms with Gasteiger partial charge in [-0.1, -0.05) is 194 Å². The predicted molar refractivity (Wildman–Crippen MR) is 271 cm³/mol. The molecule has 0 saturated heterocycles. The van der Waals surface area contributed by atoms with Crippen molar-refractivity contribution >= 4 is 60.5 Å². The standard InChI is InChI=1S/C63H39NO/c1-2-14-47-41(13-1)27-28-44-39-43(33-38-48(44)47)40-29-34-45(35-30-40)64(46-36-31-42(32-37-46)49-19-11-20-53-52-17-6-10-26-60(52)65-62(49)53)59-25-12-24-58-61(59)54-18-5-9-23-57(54)63(58)55-21-7-3-15-50(55)51-16-4-8-22-56(51)63/h1-39H. The third-order valence-corrected chi connectivity index (χ3v) is 14.3. The minimum absolute atomic E-state index is 0.443. The van der Waals surface area contributed by atoms with Gasteiger partial charge in [0.15, 0.2) is 0 Å². The summed E-state index contributed by atoms with van der Waals surface area (Å²) in [5.74, 6) is 0. The molecule has 2 aliphatic rings. The quantitative estimate of drug-likeness (QED) is 0.161. The van der Waals surface area contributed by atoms with Crippen molar-refractivity contribution in [2.24, 2.45) is 0 Å². The highest BCUT2D eigenvalue weighted by molar-refractivity contribution is 6.10. The molecule has 302 valence electrons. The molecule has 0 aliphatic heterocycles. The first-order chi connectivity index (χ1) is 32.2. The van der Waals surface area contributed by atoms with Crippen LogP contribution >= 0.6 is 0 Å². The summed E-state index contributed by atoms with van der Waals surface area (Å²) in [4.78, 5) is 2.46. The average Bonchev–Trinajstić information content (AvgIpc) is 4.01. The highest BCUT2D eigenvalue weighted by atomic mass is 16.3. The maximum absolute atomic E-state index is 6.51. The van der Waals surface area contributed by atoms with Gasteiger partial charge in [-0.15, -0.1) is 0 Å². The van der Waals surface area contributed by atoms with Gasteiger partial charge >= 0.3 is 0 Å². The molecule has 0 N–H and O–H groups in total. The molecule has 65 heavy (non-hydrogen) atoms. The number of nitrogens with zero attached hydrogens (tertiary/aromatic N) is 1. The summed E-state index contributed by atoms with van der Waals surface area (Å²) in [7, 11) is 0. The average molecular weight is 826 g/mol. The van der Waals surface area contributed by atoms with Crippen LogP contribution in [0.15, 0.2) is 241 Å². The van der Waals surface area contributed by atoms with Crippen molar-refractivity contribution in [3.8, 4) is 44.5 Å². The molecular weight excluding hydrogens is 787 g/mol. The molecule has 0 bridgehead atoms. The Labute approximate surface area is 376 Å². The second-order valence-electron chi connectivity index (χ2n) is 17.5. The fourth-order valence-corrected chi connectivity index (χ4v) is 11.5. The van der Waals surface area contributed by atoms with Crippen LogP contribution in [0.5, 0.6) is 0 Å². The number of rotatable bonds is 5. The van der Waals surface area contributed by atoms with Crippen molar-refractivity contribution in [1.82, 2.24) is 0 Å². The van der Waals surface area contributed by atoms with E-state index in [-0.39, 0.29) is 0 Å². The number of anilines is 3. The molecule has 2 heteroatoms. The van der Waals surface area contributed by atoms with E-state index in [1.165, 1.54) is 77.2 Å². The second-order valence-corrected chi connectivity index (χ2v) is 17.5. The number of hydrogen-bond donors (Lipinski definition) is 0. The minimum Gasteiger partial charge on any atom is -0.455 e. The Morgan fingerprint density at radius 3 is 1.60 bits per heavy atom. The normalized spacial score (nSPS) is 13.0. The largest absolute Gasteiger partial charge is 0.455 e. The minimum atomic E-state index is -0.443. The van der Waals surface area contributed by atoms with E-state index < -0.39 is 5.41 Å². The summed E-state index contributed by atoms with van der Waals surface area (Å²) >= 11 is 0. The summed E-state index contributed by atoms with van der Waals surface area (Å²) in [6.07, 6.45) is 0. The number of para-hydroxylation sites is 2. The van der Waals surface area contributed by atoms with Crippen molar-refractivity contribution in [3.63, 3.8) is 0 Å². The van der Waals surface area contributed by atoms with Gasteiger partial charge in [-0.05, 0) is 120 Å². The van der Waals surface area contributed by atoms with E-state index in [0.717, 1.165) is 50.1 Å². The van der Waals surface area contributed by atoms with Crippen molar-refractivity contribution < 1.29 is 4.42 Å². The molecule has 12 aromatic rings. The molecule has 2 aliphatic carbocycles. The Morgan fingerprint density at radius 1 is 0.323 bits per heavy atom. The predicted octanol–water partition coefficient (Wildman–Crippen LogP) is 17.0. The van der Waals surface area contributed by atoms with Crippen LogP contribution in [0.25, 0.3) is 88.0 Å². The Balaban J connectivity index is 0.956. The Hall–Kier alpha value is -8.46. The van der Waals surface area contributed by atoms with Gasteiger partial charge < -0.3 is 9.32 Å². The summed E-state index contributed by atoms with van der Waals surface area (Å²) in [5, 5.41) is 7.33. The van der Waals surface area contributed by atoms with Gasteiger partial charge in [-0.25, -0.2) is 0 Å². The van der Waals surface area contributed by atoms with E-state index in [1.807, 2.05) is 6.07 Å². The summed E-state index contributed by atoms with van der Waals surface area (Å²) < 4.78 is 6.51. The fourth-order valence-electron chi connectivity index (χ4n) is 11.5. The Morgan fingerprint density at radius 2 is 0.846 bits per heavy atom. The second kappa shape index (κ2) is 13.8. The molecule has 2 nitrogen and oxygen atoms in total. The first kappa shape index (κ1) is 36.1. The summed E-state index contributed by atoms with van der Waals surface area (Å²) in [6, 6.07) is 87.1. The molecule has 0 atom stereocenters. The third-order valence-electron chi connectivity index (χ3n) is 14.3. The zero-order chi connectivity index (χ0) is 42.6. The first-order valence-corrected chi connectivity index (χ1v) is 22.5. The van der Waals surface area contributed by atoms with Crippen molar-refractivity contribution in [1.29, 1.82) is 0 Å². The lowest BCUT2D eigenvalue weighted by Crippen LogP contribution is -2.26. The van der Waals surface area contributed by atoms with Crippen LogP contribution in [0.4, 0.5) is 17.1 Å². The lowest BCUT2D eigenvalue weighted by atomic mass is 9.70. The maximum atomic E-state index is 6.51. The molecule has 0 saturated carbocycles. The van der Waals surface area contributed by atoms with E-state index in [4.69, 9.17) is 4.42 Å². The maximum Gasteiger partial charge on any atom is 0.143 e. The molecule has 1 aromatic heterocycles. The first-order valence-electron chi connectivity index (χ1n) is 22.5. The molecule has 14 rings (SSSR count).